The molecule has 0 spiro atoms. The Morgan fingerprint density at radius 3 is 2.74 bits per heavy atom. The van der Waals surface area contributed by atoms with Gasteiger partial charge in [0.1, 0.15) is 10.9 Å². The third-order valence-electron chi connectivity index (χ3n) is 4.72. The number of amides is 3. The van der Waals surface area contributed by atoms with Crippen LogP contribution in [0, 0.1) is 0 Å². The number of thioether (sulfide) groups is 1. The molecule has 3 aliphatic rings. The molecule has 0 saturated carbocycles. The Hall–Kier alpha value is -2.23. The van der Waals surface area contributed by atoms with Crippen molar-refractivity contribution in [3.05, 3.63) is 34.7 Å². The van der Waals surface area contributed by atoms with Crippen molar-refractivity contribution in [3.63, 3.8) is 0 Å². The minimum absolute atomic E-state index is 0.0326. The molecule has 0 aromatic heterocycles. The molecule has 2 fully saturated rings. The molecule has 1 aromatic carbocycles. The van der Waals surface area contributed by atoms with E-state index < -0.39 is 11.8 Å². The number of rotatable bonds is 4. The van der Waals surface area contributed by atoms with Crippen LogP contribution in [0.1, 0.15) is 18.4 Å². The number of nitrogens with zero attached hydrogens (tertiary/aromatic N) is 2. The topological polar surface area (TPSA) is 92.9 Å². The van der Waals surface area contributed by atoms with Crippen molar-refractivity contribution in [3.8, 4) is 0 Å². The number of anilines is 1. The minimum atomic E-state index is -0.620. The van der Waals surface area contributed by atoms with E-state index in [4.69, 9.17) is 22.7 Å². The normalized spacial score (nSPS) is 24.9. The van der Waals surface area contributed by atoms with Crippen LogP contribution in [0.25, 0.3) is 5.57 Å². The number of thiocarbonyl (C=S) groups is 1. The van der Waals surface area contributed by atoms with Gasteiger partial charge in [-0.25, -0.2) is 0 Å². The highest BCUT2D eigenvalue weighted by Gasteiger charge is 2.42. The number of benzene rings is 1. The zero-order valence-electron chi connectivity index (χ0n) is 14.3. The second-order valence-electron chi connectivity index (χ2n) is 6.50. The molecule has 0 aliphatic carbocycles. The monoisotopic (exact) mass is 403 g/mol. The van der Waals surface area contributed by atoms with E-state index in [1.807, 2.05) is 0 Å². The lowest BCUT2D eigenvalue weighted by atomic mass is 10.1. The van der Waals surface area contributed by atoms with Crippen molar-refractivity contribution >= 4 is 57.3 Å². The van der Waals surface area contributed by atoms with E-state index in [0.29, 0.717) is 33.6 Å². The van der Waals surface area contributed by atoms with E-state index in [2.05, 4.69) is 0 Å². The third-order valence-corrected chi connectivity index (χ3v) is 6.17. The molecule has 27 heavy (non-hydrogen) atoms. The molecular formula is C18H17N3O4S2. The molecule has 7 nitrogen and oxygen atoms in total. The summed E-state index contributed by atoms with van der Waals surface area (Å²) in [7, 11) is 0. The number of fused-ring (bicyclic) bond motifs is 1. The lowest BCUT2D eigenvalue weighted by molar-refractivity contribution is -0.123. The van der Waals surface area contributed by atoms with Crippen LogP contribution in [0.2, 0.25) is 0 Å². The van der Waals surface area contributed by atoms with Crippen LogP contribution in [0.15, 0.2) is 29.2 Å². The number of carbonyl (C=O) groups excluding carboxylic acids is 3. The maximum atomic E-state index is 13.0. The molecule has 1 aromatic rings. The van der Waals surface area contributed by atoms with Crippen molar-refractivity contribution in [1.29, 1.82) is 0 Å². The summed E-state index contributed by atoms with van der Waals surface area (Å²) < 4.78 is 6.02. The molecular weight excluding hydrogens is 386 g/mol. The summed E-state index contributed by atoms with van der Waals surface area (Å²) in [5.41, 5.74) is 6.75. The van der Waals surface area contributed by atoms with Gasteiger partial charge in [0, 0.05) is 12.2 Å². The fourth-order valence-electron chi connectivity index (χ4n) is 3.51. The van der Waals surface area contributed by atoms with Crippen LogP contribution < -0.4 is 10.6 Å². The smallest absolute Gasteiger partial charge is 0.267 e. The summed E-state index contributed by atoms with van der Waals surface area (Å²) in [6.45, 7) is 0.840. The van der Waals surface area contributed by atoms with Crippen LogP contribution in [-0.4, -0.2) is 52.7 Å². The lowest BCUT2D eigenvalue weighted by Crippen LogP contribution is -2.37. The van der Waals surface area contributed by atoms with Gasteiger partial charge in [0.15, 0.2) is 0 Å². The minimum Gasteiger partial charge on any atom is -0.376 e. The van der Waals surface area contributed by atoms with E-state index in [-0.39, 0.29) is 24.1 Å². The molecule has 3 amide bonds. The number of hydrogen-bond donors (Lipinski definition) is 1. The first-order chi connectivity index (χ1) is 13.0. The zero-order valence-corrected chi connectivity index (χ0v) is 16.0. The van der Waals surface area contributed by atoms with Crippen molar-refractivity contribution in [1.82, 2.24) is 4.90 Å². The maximum absolute atomic E-state index is 13.0. The first-order valence-electron chi connectivity index (χ1n) is 8.56. The number of ether oxygens (including phenoxy) is 1. The van der Waals surface area contributed by atoms with Crippen LogP contribution in [0.5, 0.6) is 0 Å². The average molecular weight is 403 g/mol. The number of carbonyl (C=O) groups is 3. The van der Waals surface area contributed by atoms with Gasteiger partial charge >= 0.3 is 0 Å². The summed E-state index contributed by atoms with van der Waals surface area (Å²) in [6, 6.07) is 7.05. The van der Waals surface area contributed by atoms with Crippen LogP contribution in [0.3, 0.4) is 0 Å². The zero-order chi connectivity index (χ0) is 19.1. The molecule has 2 N–H and O–H groups in total. The van der Waals surface area contributed by atoms with Gasteiger partial charge in [0.05, 0.1) is 28.8 Å². The molecule has 9 heteroatoms. The first-order valence-corrected chi connectivity index (χ1v) is 9.79. The standard InChI is InChI=1S/C18H17N3O4S2/c19-13(22)9-20-12-6-2-1-5-11(12)14(16(20)23)15-17(24)21(18(26)27-15)8-10-4-3-7-25-10/h1-2,5-6,10H,3-4,7-9H2,(H2,19,22). The Morgan fingerprint density at radius 1 is 1.26 bits per heavy atom. The molecule has 4 rings (SSSR count). The number of primary amides is 1. The Bertz CT molecular complexity index is 892. The van der Waals surface area contributed by atoms with Crippen LogP contribution in [-0.2, 0) is 19.1 Å². The molecule has 3 aliphatic heterocycles. The molecule has 2 saturated heterocycles. The van der Waals surface area contributed by atoms with Crippen molar-refractivity contribution in [2.24, 2.45) is 5.73 Å². The van der Waals surface area contributed by atoms with Gasteiger partial charge in [-0.2, -0.15) is 0 Å². The van der Waals surface area contributed by atoms with Crippen molar-refractivity contribution in [2.75, 3.05) is 24.6 Å². The molecule has 1 unspecified atom stereocenters. The molecule has 3 heterocycles. The fraction of sp³-hybridized carbons (Fsp3) is 0.333. The van der Waals surface area contributed by atoms with E-state index in [9.17, 15) is 14.4 Å². The highest BCUT2D eigenvalue weighted by molar-refractivity contribution is 8.26. The number of para-hydroxylation sites is 1. The Morgan fingerprint density at radius 2 is 2.04 bits per heavy atom. The predicted octanol–water partition coefficient (Wildman–Crippen LogP) is 1.27. The van der Waals surface area contributed by atoms with E-state index in [1.165, 1.54) is 9.80 Å². The molecule has 1 atom stereocenters. The second-order valence-corrected chi connectivity index (χ2v) is 8.14. The van der Waals surface area contributed by atoms with Gasteiger partial charge in [0.25, 0.3) is 11.8 Å². The molecule has 0 bridgehead atoms. The quantitative estimate of drug-likeness (QED) is 0.601. The summed E-state index contributed by atoms with van der Waals surface area (Å²) in [5.74, 6) is -1.32. The van der Waals surface area contributed by atoms with E-state index in [1.54, 1.807) is 24.3 Å². The Kier molecular flexibility index (Phi) is 4.75. The lowest BCUT2D eigenvalue weighted by Gasteiger charge is -2.18. The van der Waals surface area contributed by atoms with Gasteiger partial charge < -0.3 is 10.5 Å². The van der Waals surface area contributed by atoms with Gasteiger partial charge in [-0.05, 0) is 18.9 Å². The van der Waals surface area contributed by atoms with E-state index >= 15 is 0 Å². The SMILES string of the molecule is NC(=O)CN1C(=O)C(=C2SC(=S)N(CC3CCCO3)C2=O)c2ccccc21. The molecule has 0 radical (unpaired) electrons. The maximum Gasteiger partial charge on any atom is 0.267 e. The highest BCUT2D eigenvalue weighted by Crippen LogP contribution is 2.44. The number of hydrogen-bond acceptors (Lipinski definition) is 6. The van der Waals surface area contributed by atoms with Gasteiger partial charge in [0.2, 0.25) is 5.91 Å². The van der Waals surface area contributed by atoms with Gasteiger partial charge in [-0.1, -0.05) is 42.2 Å². The first kappa shape index (κ1) is 18.1. The summed E-state index contributed by atoms with van der Waals surface area (Å²) in [5, 5.41) is 0. The average Bonchev–Trinajstić information content (AvgIpc) is 3.31. The molecule has 140 valence electrons. The van der Waals surface area contributed by atoms with Crippen molar-refractivity contribution in [2.45, 2.75) is 18.9 Å². The van der Waals surface area contributed by atoms with Crippen molar-refractivity contribution < 1.29 is 19.1 Å². The Balaban J connectivity index is 1.71. The second kappa shape index (κ2) is 7.06. The highest BCUT2D eigenvalue weighted by atomic mass is 32.2. The largest absolute Gasteiger partial charge is 0.376 e. The Labute approximate surface area is 165 Å². The summed E-state index contributed by atoms with van der Waals surface area (Å²) >= 11 is 6.50. The van der Waals surface area contributed by atoms with Crippen LogP contribution in [0.4, 0.5) is 5.69 Å². The van der Waals surface area contributed by atoms with Crippen LogP contribution >= 0.6 is 24.0 Å². The summed E-state index contributed by atoms with van der Waals surface area (Å²) in [4.78, 5) is 40.5. The third kappa shape index (κ3) is 3.15. The van der Waals surface area contributed by atoms with E-state index in [0.717, 1.165) is 24.6 Å². The fourth-order valence-corrected chi connectivity index (χ4v) is 4.86. The predicted molar refractivity (Wildman–Crippen MR) is 106 cm³/mol. The van der Waals surface area contributed by atoms with Gasteiger partial charge in [-0.3, -0.25) is 24.2 Å². The van der Waals surface area contributed by atoms with Gasteiger partial charge in [-0.15, -0.1) is 0 Å². The number of nitrogens with two attached hydrogens (primary N) is 1. The summed E-state index contributed by atoms with van der Waals surface area (Å²) in [6.07, 6.45) is 1.82.